The molecule has 2 rings (SSSR count). The van der Waals surface area contributed by atoms with Gasteiger partial charge in [0.15, 0.2) is 0 Å². The summed E-state index contributed by atoms with van der Waals surface area (Å²) in [6, 6.07) is 2.01. The fourth-order valence-corrected chi connectivity index (χ4v) is 2.78. The summed E-state index contributed by atoms with van der Waals surface area (Å²) in [4.78, 5) is 13.5. The number of piperidine rings is 1. The van der Waals surface area contributed by atoms with Crippen LogP contribution >= 0.6 is 0 Å². The van der Waals surface area contributed by atoms with E-state index in [4.69, 9.17) is 10.5 Å². The van der Waals surface area contributed by atoms with Crippen molar-refractivity contribution in [1.82, 2.24) is 0 Å². The lowest BCUT2D eigenvalue weighted by Crippen LogP contribution is -2.46. The number of aliphatic hydroxyl groups is 1. The normalized spacial score (nSPS) is 17.7. The molecule has 0 amide bonds. The lowest BCUT2D eigenvalue weighted by atomic mass is 9.88. The van der Waals surface area contributed by atoms with Crippen LogP contribution in [0.5, 0.6) is 0 Å². The van der Waals surface area contributed by atoms with Crippen LogP contribution in [0.1, 0.15) is 40.0 Å². The third-order valence-corrected chi connectivity index (χ3v) is 3.99. The minimum atomic E-state index is -1.19. The van der Waals surface area contributed by atoms with Crippen molar-refractivity contribution >= 4 is 17.3 Å². The van der Waals surface area contributed by atoms with E-state index in [1.807, 2.05) is 0 Å². The van der Waals surface area contributed by atoms with Crippen LogP contribution < -0.4 is 10.6 Å². The first-order chi connectivity index (χ1) is 11.0. The number of hydrogen-bond donors (Lipinski definition) is 2. The molecular formula is C17H24F2N2O3. The summed E-state index contributed by atoms with van der Waals surface area (Å²) in [6.45, 7) is 5.89. The number of nitrogens with zero attached hydrogens (tertiary/aromatic N) is 1. The van der Waals surface area contributed by atoms with Crippen LogP contribution in [0.3, 0.4) is 0 Å². The van der Waals surface area contributed by atoms with Crippen molar-refractivity contribution in [2.45, 2.75) is 51.2 Å². The number of nitrogen functional groups attached to an aromatic ring is 1. The molecule has 1 aliphatic rings. The third-order valence-electron chi connectivity index (χ3n) is 3.99. The molecule has 0 spiro atoms. The van der Waals surface area contributed by atoms with Crippen molar-refractivity contribution < 1.29 is 23.4 Å². The quantitative estimate of drug-likeness (QED) is 0.652. The number of nitrogens with two attached hydrogens (primary N) is 1. The first-order valence-electron chi connectivity index (χ1n) is 7.93. The second kappa shape index (κ2) is 6.55. The molecule has 0 atom stereocenters. The Labute approximate surface area is 140 Å². The maximum Gasteiger partial charge on any atom is 0.309 e. The standard InChI is InChI=1S/C17H24F2N2O3/c1-16(2,3)24-15(22)10-17(23)4-6-21(7-5-17)14-9-11(18)13(20)8-12(14)19/h8-9,23H,4-7,10,20H2,1-3H3. The zero-order chi connectivity index (χ0) is 18.1. The lowest BCUT2D eigenvalue weighted by molar-refractivity contribution is -0.161. The largest absolute Gasteiger partial charge is 0.460 e. The highest BCUT2D eigenvalue weighted by Gasteiger charge is 2.36. The van der Waals surface area contributed by atoms with Crippen molar-refractivity contribution in [1.29, 1.82) is 0 Å². The predicted octanol–water partition coefficient (Wildman–Crippen LogP) is 2.61. The minimum absolute atomic E-state index is 0.112. The lowest BCUT2D eigenvalue weighted by Gasteiger charge is -2.39. The molecule has 1 aromatic rings. The minimum Gasteiger partial charge on any atom is -0.460 e. The average molecular weight is 342 g/mol. The van der Waals surface area contributed by atoms with Crippen LogP contribution in [0.2, 0.25) is 0 Å². The van der Waals surface area contributed by atoms with Gasteiger partial charge in [-0.2, -0.15) is 0 Å². The van der Waals surface area contributed by atoms with Crippen molar-refractivity contribution in [2.24, 2.45) is 0 Å². The molecule has 5 nitrogen and oxygen atoms in total. The first-order valence-corrected chi connectivity index (χ1v) is 7.93. The average Bonchev–Trinajstić information content (AvgIpc) is 2.41. The van der Waals surface area contributed by atoms with Gasteiger partial charge < -0.3 is 20.5 Å². The number of ether oxygens (including phenoxy) is 1. The Bertz CT molecular complexity index is 621. The molecule has 24 heavy (non-hydrogen) atoms. The van der Waals surface area contributed by atoms with Crippen LogP contribution in [0.25, 0.3) is 0 Å². The predicted molar refractivity (Wildman–Crippen MR) is 87.6 cm³/mol. The summed E-state index contributed by atoms with van der Waals surface area (Å²) in [6.07, 6.45) is 0.409. The third kappa shape index (κ3) is 4.56. The number of anilines is 2. The molecule has 1 aliphatic heterocycles. The van der Waals surface area contributed by atoms with Gasteiger partial charge in [-0.05, 0) is 33.6 Å². The SMILES string of the molecule is CC(C)(C)OC(=O)CC1(O)CCN(c2cc(F)c(N)cc2F)CC1. The summed E-state index contributed by atoms with van der Waals surface area (Å²) >= 11 is 0. The Morgan fingerprint density at radius 1 is 1.29 bits per heavy atom. The molecule has 0 saturated carbocycles. The van der Waals surface area contributed by atoms with E-state index in [-0.39, 0.29) is 30.6 Å². The number of rotatable bonds is 3. The van der Waals surface area contributed by atoms with Gasteiger partial charge in [-0.3, -0.25) is 4.79 Å². The zero-order valence-electron chi connectivity index (χ0n) is 14.2. The maximum absolute atomic E-state index is 14.0. The molecule has 1 saturated heterocycles. The molecule has 0 bridgehead atoms. The molecule has 3 N–H and O–H groups in total. The zero-order valence-corrected chi connectivity index (χ0v) is 14.2. The van der Waals surface area contributed by atoms with Crippen LogP contribution in [-0.2, 0) is 9.53 Å². The molecular weight excluding hydrogens is 318 g/mol. The summed E-state index contributed by atoms with van der Waals surface area (Å²) in [5.74, 6) is -1.75. The van der Waals surface area contributed by atoms with Gasteiger partial charge in [0, 0.05) is 25.2 Å². The highest BCUT2D eigenvalue weighted by Crippen LogP contribution is 2.32. The van der Waals surface area contributed by atoms with Gasteiger partial charge in [0.1, 0.15) is 17.2 Å². The van der Waals surface area contributed by atoms with Crippen LogP contribution in [0.15, 0.2) is 12.1 Å². The Kier molecular flexibility index (Phi) is 5.03. The van der Waals surface area contributed by atoms with Crippen molar-refractivity contribution in [3.8, 4) is 0 Å². The van der Waals surface area contributed by atoms with Gasteiger partial charge in [-0.1, -0.05) is 0 Å². The highest BCUT2D eigenvalue weighted by molar-refractivity contribution is 5.71. The molecule has 1 heterocycles. The summed E-state index contributed by atoms with van der Waals surface area (Å²) in [5, 5.41) is 10.6. The van der Waals surface area contributed by atoms with E-state index in [9.17, 15) is 18.7 Å². The monoisotopic (exact) mass is 342 g/mol. The Hall–Kier alpha value is -1.89. The van der Waals surface area contributed by atoms with Gasteiger partial charge in [0.25, 0.3) is 0 Å². The van der Waals surface area contributed by atoms with Crippen molar-refractivity contribution in [3.05, 3.63) is 23.8 Å². The second-order valence-electron chi connectivity index (χ2n) is 7.30. The topological polar surface area (TPSA) is 75.8 Å². The van der Waals surface area contributed by atoms with Gasteiger partial charge in [-0.15, -0.1) is 0 Å². The summed E-state index contributed by atoms with van der Waals surface area (Å²) in [5.41, 5.74) is 3.41. The number of benzene rings is 1. The van der Waals surface area contributed by atoms with Crippen LogP contribution in [0, 0.1) is 11.6 Å². The molecule has 0 aromatic heterocycles. The molecule has 0 aliphatic carbocycles. The first kappa shape index (κ1) is 18.4. The van der Waals surface area contributed by atoms with Gasteiger partial charge in [0.05, 0.1) is 23.4 Å². The van der Waals surface area contributed by atoms with E-state index in [2.05, 4.69) is 0 Å². The van der Waals surface area contributed by atoms with Crippen molar-refractivity contribution in [3.63, 3.8) is 0 Å². The van der Waals surface area contributed by atoms with Gasteiger partial charge in [-0.25, -0.2) is 8.78 Å². The molecule has 134 valence electrons. The highest BCUT2D eigenvalue weighted by atomic mass is 19.1. The van der Waals surface area contributed by atoms with Crippen LogP contribution in [0.4, 0.5) is 20.2 Å². The van der Waals surface area contributed by atoms with Crippen LogP contribution in [-0.4, -0.2) is 35.4 Å². The number of halogens is 2. The Morgan fingerprint density at radius 2 is 1.88 bits per heavy atom. The molecule has 0 unspecified atom stereocenters. The number of hydrogen-bond acceptors (Lipinski definition) is 5. The smallest absolute Gasteiger partial charge is 0.309 e. The van der Waals surface area contributed by atoms with Crippen molar-refractivity contribution in [2.75, 3.05) is 23.7 Å². The number of esters is 1. The van der Waals surface area contributed by atoms with E-state index in [1.165, 1.54) is 0 Å². The molecule has 1 aromatic carbocycles. The molecule has 0 radical (unpaired) electrons. The summed E-state index contributed by atoms with van der Waals surface area (Å²) in [7, 11) is 0. The fourth-order valence-electron chi connectivity index (χ4n) is 2.78. The fraction of sp³-hybridized carbons (Fsp3) is 0.588. The van der Waals surface area contributed by atoms with E-state index in [1.54, 1.807) is 25.7 Å². The van der Waals surface area contributed by atoms with E-state index in [0.29, 0.717) is 13.1 Å². The van der Waals surface area contributed by atoms with Gasteiger partial charge >= 0.3 is 5.97 Å². The Morgan fingerprint density at radius 3 is 2.42 bits per heavy atom. The van der Waals surface area contributed by atoms with E-state index >= 15 is 0 Å². The number of carbonyl (C=O) groups excluding carboxylic acids is 1. The summed E-state index contributed by atoms with van der Waals surface area (Å²) < 4.78 is 32.8. The van der Waals surface area contributed by atoms with E-state index in [0.717, 1.165) is 12.1 Å². The maximum atomic E-state index is 14.0. The molecule has 1 fully saturated rings. The van der Waals surface area contributed by atoms with E-state index < -0.39 is 28.8 Å². The Balaban J connectivity index is 2.00. The molecule has 7 heteroatoms. The van der Waals surface area contributed by atoms with Gasteiger partial charge in [0.2, 0.25) is 0 Å². The number of carbonyl (C=O) groups is 1. The second-order valence-corrected chi connectivity index (χ2v) is 7.30.